The predicted molar refractivity (Wildman–Crippen MR) is 82.5 cm³/mol. The highest BCUT2D eigenvalue weighted by molar-refractivity contribution is 9.10. The number of aromatic nitrogens is 3. The molecule has 0 unspecified atom stereocenters. The van der Waals surface area contributed by atoms with Crippen molar-refractivity contribution in [1.82, 2.24) is 20.1 Å². The second-order valence-corrected chi connectivity index (χ2v) is 5.50. The number of nitrogens with one attached hydrogen (secondary N) is 3. The van der Waals surface area contributed by atoms with Crippen LogP contribution in [0.15, 0.2) is 16.7 Å². The first-order valence-electron chi connectivity index (χ1n) is 6.01. The van der Waals surface area contributed by atoms with E-state index in [-0.39, 0.29) is 18.4 Å². The molecular formula is C12H13BrClN5O2. The molecule has 112 valence electrons. The second-order valence-electron chi connectivity index (χ2n) is 4.30. The summed E-state index contributed by atoms with van der Waals surface area (Å²) in [5.74, 6) is -0.172. The van der Waals surface area contributed by atoms with Gasteiger partial charge in [-0.1, -0.05) is 11.6 Å². The van der Waals surface area contributed by atoms with Gasteiger partial charge in [0.15, 0.2) is 5.82 Å². The van der Waals surface area contributed by atoms with Gasteiger partial charge in [0.2, 0.25) is 5.91 Å². The molecule has 0 fully saturated rings. The van der Waals surface area contributed by atoms with Crippen molar-refractivity contribution in [3.05, 3.63) is 33.1 Å². The normalized spacial score (nSPS) is 10.5. The molecule has 0 bridgehead atoms. The van der Waals surface area contributed by atoms with E-state index < -0.39 is 0 Å². The standard InChI is InChI=1S/C12H13BrClN5O2/c1-6-3-9(18-19(6)5-10(20)15-2)17-12(21)8-4-7(14)11(13)16-8/h3-4,16H,5H2,1-2H3,(H,15,20)(H,17,18,21). The molecule has 0 aliphatic heterocycles. The number of hydrogen-bond acceptors (Lipinski definition) is 3. The van der Waals surface area contributed by atoms with Gasteiger partial charge in [-0.25, -0.2) is 0 Å². The van der Waals surface area contributed by atoms with Crippen LogP contribution in [0.2, 0.25) is 5.02 Å². The van der Waals surface area contributed by atoms with Crippen LogP contribution in [0.4, 0.5) is 5.82 Å². The lowest BCUT2D eigenvalue weighted by molar-refractivity contribution is -0.121. The van der Waals surface area contributed by atoms with E-state index in [0.717, 1.165) is 5.69 Å². The lowest BCUT2D eigenvalue weighted by atomic mass is 10.4. The Labute approximate surface area is 134 Å². The van der Waals surface area contributed by atoms with Gasteiger partial charge < -0.3 is 15.6 Å². The maximum atomic E-state index is 12.0. The van der Waals surface area contributed by atoms with Crippen LogP contribution in [0.1, 0.15) is 16.2 Å². The number of amides is 2. The number of anilines is 1. The van der Waals surface area contributed by atoms with E-state index >= 15 is 0 Å². The summed E-state index contributed by atoms with van der Waals surface area (Å²) in [4.78, 5) is 26.2. The molecule has 2 aromatic heterocycles. The number of carbonyl (C=O) groups is 2. The van der Waals surface area contributed by atoms with Crippen LogP contribution in [0.5, 0.6) is 0 Å². The molecule has 0 aliphatic rings. The third-order valence-corrected chi connectivity index (χ3v) is 3.92. The molecular weight excluding hydrogens is 362 g/mol. The van der Waals surface area contributed by atoms with Gasteiger partial charge in [-0.2, -0.15) is 5.10 Å². The number of rotatable bonds is 4. The van der Waals surface area contributed by atoms with E-state index in [1.54, 1.807) is 20.0 Å². The van der Waals surface area contributed by atoms with E-state index in [9.17, 15) is 9.59 Å². The van der Waals surface area contributed by atoms with Gasteiger partial charge in [-0.3, -0.25) is 14.3 Å². The van der Waals surface area contributed by atoms with E-state index in [2.05, 4.69) is 36.6 Å². The number of carbonyl (C=O) groups excluding carboxylic acids is 2. The van der Waals surface area contributed by atoms with Gasteiger partial charge in [-0.05, 0) is 28.9 Å². The number of likely N-dealkylation sites (N-methyl/N-ethyl adjacent to an activating group) is 1. The van der Waals surface area contributed by atoms with Gasteiger partial charge in [-0.15, -0.1) is 0 Å². The Morgan fingerprint density at radius 3 is 2.76 bits per heavy atom. The Kier molecular flexibility index (Phi) is 4.69. The highest BCUT2D eigenvalue weighted by atomic mass is 79.9. The average Bonchev–Trinajstić information content (AvgIpc) is 2.93. The minimum atomic E-state index is -0.368. The fraction of sp³-hybridized carbons (Fsp3) is 0.250. The van der Waals surface area contributed by atoms with Gasteiger partial charge in [0.05, 0.1) is 5.02 Å². The molecule has 7 nitrogen and oxygen atoms in total. The highest BCUT2D eigenvalue weighted by Crippen LogP contribution is 2.23. The summed E-state index contributed by atoms with van der Waals surface area (Å²) < 4.78 is 2.04. The van der Waals surface area contributed by atoms with Gasteiger partial charge in [0.25, 0.3) is 5.91 Å². The summed E-state index contributed by atoms with van der Waals surface area (Å²) >= 11 is 9.05. The van der Waals surface area contributed by atoms with Crippen molar-refractivity contribution in [2.24, 2.45) is 0 Å². The topological polar surface area (TPSA) is 91.8 Å². The van der Waals surface area contributed by atoms with Gasteiger partial charge in [0.1, 0.15) is 16.8 Å². The van der Waals surface area contributed by atoms with Crippen molar-refractivity contribution in [2.75, 3.05) is 12.4 Å². The van der Waals surface area contributed by atoms with E-state index in [1.165, 1.54) is 10.7 Å². The number of halogens is 2. The predicted octanol–water partition coefficient (Wildman–Crippen LogP) is 1.93. The second kappa shape index (κ2) is 6.31. The van der Waals surface area contributed by atoms with E-state index in [1.807, 2.05) is 0 Å². The van der Waals surface area contributed by atoms with Crippen LogP contribution in [0.3, 0.4) is 0 Å². The lowest BCUT2D eigenvalue weighted by Crippen LogP contribution is -2.24. The van der Waals surface area contributed by atoms with Crippen molar-refractivity contribution < 1.29 is 9.59 Å². The molecule has 2 heterocycles. The van der Waals surface area contributed by atoms with Crippen molar-refractivity contribution >= 4 is 45.2 Å². The van der Waals surface area contributed by atoms with Crippen LogP contribution < -0.4 is 10.6 Å². The Morgan fingerprint density at radius 1 is 1.48 bits per heavy atom. The summed E-state index contributed by atoms with van der Waals surface area (Å²) in [5, 5.41) is 9.73. The van der Waals surface area contributed by atoms with Crippen LogP contribution in [-0.2, 0) is 11.3 Å². The summed E-state index contributed by atoms with van der Waals surface area (Å²) in [6.07, 6.45) is 0. The summed E-state index contributed by atoms with van der Waals surface area (Å²) in [5.41, 5.74) is 1.07. The lowest BCUT2D eigenvalue weighted by Gasteiger charge is -2.02. The zero-order valence-corrected chi connectivity index (χ0v) is 13.7. The van der Waals surface area contributed by atoms with Crippen molar-refractivity contribution in [3.63, 3.8) is 0 Å². The number of hydrogen-bond donors (Lipinski definition) is 3. The molecule has 0 spiro atoms. The maximum Gasteiger partial charge on any atom is 0.273 e. The zero-order valence-electron chi connectivity index (χ0n) is 11.3. The van der Waals surface area contributed by atoms with Crippen LogP contribution in [0, 0.1) is 6.92 Å². The summed E-state index contributed by atoms with van der Waals surface area (Å²) in [6, 6.07) is 3.19. The highest BCUT2D eigenvalue weighted by Gasteiger charge is 2.14. The number of aromatic amines is 1. The molecule has 0 saturated heterocycles. The molecule has 21 heavy (non-hydrogen) atoms. The van der Waals surface area contributed by atoms with E-state index in [0.29, 0.717) is 21.1 Å². The third kappa shape index (κ3) is 3.64. The maximum absolute atomic E-state index is 12.0. The molecule has 3 N–H and O–H groups in total. The largest absolute Gasteiger partial charge is 0.358 e. The number of H-pyrrole nitrogens is 1. The third-order valence-electron chi connectivity index (χ3n) is 2.76. The summed E-state index contributed by atoms with van der Waals surface area (Å²) in [6.45, 7) is 1.89. The van der Waals surface area contributed by atoms with E-state index in [4.69, 9.17) is 11.6 Å². The molecule has 0 saturated carbocycles. The minimum absolute atomic E-state index is 0.0953. The number of aryl methyl sites for hydroxylation is 1. The molecule has 2 rings (SSSR count). The van der Waals surface area contributed by atoms with Crippen LogP contribution in [-0.4, -0.2) is 33.6 Å². The smallest absolute Gasteiger partial charge is 0.273 e. The van der Waals surface area contributed by atoms with Gasteiger partial charge >= 0.3 is 0 Å². The Morgan fingerprint density at radius 2 is 2.19 bits per heavy atom. The average molecular weight is 375 g/mol. The van der Waals surface area contributed by atoms with Crippen molar-refractivity contribution in [3.8, 4) is 0 Å². The quantitative estimate of drug-likeness (QED) is 0.763. The Hall–Kier alpha value is -1.80. The SMILES string of the molecule is CNC(=O)Cn1nc(NC(=O)c2cc(Cl)c(Br)[nH]2)cc1C. The fourth-order valence-electron chi connectivity index (χ4n) is 1.66. The Bertz CT molecular complexity index is 674. The zero-order chi connectivity index (χ0) is 15.6. The minimum Gasteiger partial charge on any atom is -0.358 e. The molecule has 0 radical (unpaired) electrons. The first kappa shape index (κ1) is 15.6. The first-order chi connectivity index (χ1) is 9.90. The number of nitrogens with zero attached hydrogens (tertiary/aromatic N) is 2. The van der Waals surface area contributed by atoms with Crippen molar-refractivity contribution in [2.45, 2.75) is 13.5 Å². The molecule has 0 atom stereocenters. The first-order valence-corrected chi connectivity index (χ1v) is 7.18. The molecule has 2 amide bonds. The summed E-state index contributed by atoms with van der Waals surface area (Å²) in [7, 11) is 1.55. The monoisotopic (exact) mass is 373 g/mol. The van der Waals surface area contributed by atoms with Crippen molar-refractivity contribution in [1.29, 1.82) is 0 Å². The fourth-order valence-corrected chi connectivity index (χ4v) is 2.14. The van der Waals surface area contributed by atoms with Crippen LogP contribution >= 0.6 is 27.5 Å². The molecule has 2 aromatic rings. The Balaban J connectivity index is 2.11. The molecule has 0 aliphatic carbocycles. The van der Waals surface area contributed by atoms with Gasteiger partial charge in [0, 0.05) is 18.8 Å². The molecule has 9 heteroatoms. The van der Waals surface area contributed by atoms with Crippen LogP contribution in [0.25, 0.3) is 0 Å². The molecule has 0 aromatic carbocycles.